The van der Waals surface area contributed by atoms with Crippen molar-refractivity contribution in [3.05, 3.63) is 53.7 Å². The predicted octanol–water partition coefficient (Wildman–Crippen LogP) is 2.73. The lowest BCUT2D eigenvalue weighted by Crippen LogP contribution is -2.28. The lowest BCUT2D eigenvalue weighted by atomic mass is 10.1. The largest absolute Gasteiger partial charge is 0.466 e. The number of hydrogen-bond acceptors (Lipinski definition) is 4. The van der Waals surface area contributed by atoms with Gasteiger partial charge in [-0.3, -0.25) is 9.69 Å². The molecule has 0 unspecified atom stereocenters. The molecule has 0 bridgehead atoms. The van der Waals surface area contributed by atoms with Crippen molar-refractivity contribution in [1.29, 1.82) is 0 Å². The van der Waals surface area contributed by atoms with Gasteiger partial charge in [-0.05, 0) is 17.7 Å². The fourth-order valence-corrected chi connectivity index (χ4v) is 2.67. The maximum Gasteiger partial charge on any atom is 0.262 e. The summed E-state index contributed by atoms with van der Waals surface area (Å²) in [5, 5.41) is 0. The second kappa shape index (κ2) is 7.40. The summed E-state index contributed by atoms with van der Waals surface area (Å²) < 4.78 is 24.0. The third-order valence-corrected chi connectivity index (χ3v) is 3.88. The zero-order chi connectivity index (χ0) is 16.9. The first kappa shape index (κ1) is 16.4. The summed E-state index contributed by atoms with van der Waals surface area (Å²) in [6.45, 7) is 0.452. The van der Waals surface area contributed by atoms with Crippen LogP contribution >= 0.6 is 0 Å². The number of halogens is 1. The van der Waals surface area contributed by atoms with Gasteiger partial charge in [0.1, 0.15) is 11.6 Å². The van der Waals surface area contributed by atoms with Gasteiger partial charge in [0.05, 0.1) is 5.69 Å². The molecule has 126 valence electrons. The number of hydrogen-bond donors (Lipinski definition) is 0. The van der Waals surface area contributed by atoms with Crippen molar-refractivity contribution < 1.29 is 18.7 Å². The zero-order valence-electron chi connectivity index (χ0n) is 13.4. The van der Waals surface area contributed by atoms with Crippen molar-refractivity contribution in [2.75, 3.05) is 25.3 Å². The SMILES string of the molecule is COCOc1ccc(N2CC[C@@H](F)C2=O)nc1Cc1ccccc1. The minimum atomic E-state index is -1.44. The van der Waals surface area contributed by atoms with Crippen LogP contribution in [0.15, 0.2) is 42.5 Å². The fourth-order valence-electron chi connectivity index (χ4n) is 2.67. The van der Waals surface area contributed by atoms with Crippen LogP contribution in [0.2, 0.25) is 0 Å². The summed E-state index contributed by atoms with van der Waals surface area (Å²) in [7, 11) is 1.54. The molecule has 0 spiro atoms. The van der Waals surface area contributed by atoms with E-state index in [1.807, 2.05) is 30.3 Å². The molecule has 0 aliphatic carbocycles. The molecule has 2 heterocycles. The molecule has 0 saturated carbocycles. The number of pyridine rings is 1. The highest BCUT2D eigenvalue weighted by Crippen LogP contribution is 2.27. The van der Waals surface area contributed by atoms with Crippen molar-refractivity contribution in [3.8, 4) is 5.75 Å². The second-order valence-electron chi connectivity index (χ2n) is 5.57. The van der Waals surface area contributed by atoms with E-state index in [4.69, 9.17) is 9.47 Å². The molecule has 1 amide bonds. The number of nitrogens with zero attached hydrogens (tertiary/aromatic N) is 2. The number of benzene rings is 1. The molecular formula is C18H19FN2O3. The summed E-state index contributed by atoms with van der Waals surface area (Å²) in [5.74, 6) is 0.516. The monoisotopic (exact) mass is 330 g/mol. The summed E-state index contributed by atoms with van der Waals surface area (Å²) in [6.07, 6.45) is -0.681. The molecule has 6 heteroatoms. The number of rotatable bonds is 6. The Balaban J connectivity index is 1.90. The van der Waals surface area contributed by atoms with Crippen molar-refractivity contribution in [3.63, 3.8) is 0 Å². The Hall–Kier alpha value is -2.47. The van der Waals surface area contributed by atoms with Crippen LogP contribution in [-0.4, -0.2) is 37.5 Å². The molecule has 3 rings (SSSR count). The summed E-state index contributed by atoms with van der Waals surface area (Å²) >= 11 is 0. The number of ether oxygens (including phenoxy) is 2. The number of carbonyl (C=O) groups excluding carboxylic acids is 1. The molecule has 24 heavy (non-hydrogen) atoms. The highest BCUT2D eigenvalue weighted by molar-refractivity contribution is 5.97. The molecule has 1 aliphatic heterocycles. The van der Waals surface area contributed by atoms with Gasteiger partial charge in [-0.25, -0.2) is 9.37 Å². The maximum absolute atomic E-state index is 13.5. The Kier molecular flexibility index (Phi) is 5.05. The Morgan fingerprint density at radius 2 is 2.04 bits per heavy atom. The van der Waals surface area contributed by atoms with E-state index in [2.05, 4.69) is 4.98 Å². The van der Waals surface area contributed by atoms with Gasteiger partial charge in [0.25, 0.3) is 5.91 Å². The average molecular weight is 330 g/mol. The molecular weight excluding hydrogens is 311 g/mol. The average Bonchev–Trinajstić information content (AvgIpc) is 2.94. The highest BCUT2D eigenvalue weighted by atomic mass is 19.1. The maximum atomic E-state index is 13.5. The van der Waals surface area contributed by atoms with E-state index >= 15 is 0 Å². The summed E-state index contributed by atoms with van der Waals surface area (Å²) in [4.78, 5) is 17.8. The fraction of sp³-hybridized carbons (Fsp3) is 0.333. The van der Waals surface area contributed by atoms with Crippen molar-refractivity contribution in [2.24, 2.45) is 0 Å². The van der Waals surface area contributed by atoms with Gasteiger partial charge in [0, 0.05) is 26.5 Å². The summed E-state index contributed by atoms with van der Waals surface area (Å²) in [6, 6.07) is 13.3. The van der Waals surface area contributed by atoms with Crippen LogP contribution in [0.1, 0.15) is 17.7 Å². The van der Waals surface area contributed by atoms with Crippen molar-refractivity contribution in [2.45, 2.75) is 19.0 Å². The van der Waals surface area contributed by atoms with Gasteiger partial charge >= 0.3 is 0 Å². The van der Waals surface area contributed by atoms with Crippen molar-refractivity contribution >= 4 is 11.7 Å². The number of anilines is 1. The van der Waals surface area contributed by atoms with Gasteiger partial charge < -0.3 is 9.47 Å². The van der Waals surface area contributed by atoms with Gasteiger partial charge in [0.15, 0.2) is 13.0 Å². The highest BCUT2D eigenvalue weighted by Gasteiger charge is 2.33. The lowest BCUT2D eigenvalue weighted by Gasteiger charge is -2.17. The molecule has 1 fully saturated rings. The van der Waals surface area contributed by atoms with Gasteiger partial charge in [-0.15, -0.1) is 0 Å². The Bertz CT molecular complexity index is 709. The van der Waals surface area contributed by atoms with E-state index < -0.39 is 12.1 Å². The summed E-state index contributed by atoms with van der Waals surface area (Å²) in [5.41, 5.74) is 1.76. The normalized spacial score (nSPS) is 17.3. The molecule has 1 saturated heterocycles. The van der Waals surface area contributed by atoms with E-state index in [-0.39, 0.29) is 13.2 Å². The number of carbonyl (C=O) groups is 1. The predicted molar refractivity (Wildman–Crippen MR) is 87.9 cm³/mol. The van der Waals surface area contributed by atoms with Crippen LogP contribution in [0, 0.1) is 0 Å². The van der Waals surface area contributed by atoms with Crippen LogP contribution in [0.4, 0.5) is 10.2 Å². The number of aromatic nitrogens is 1. The van der Waals surface area contributed by atoms with E-state index in [9.17, 15) is 9.18 Å². The third kappa shape index (κ3) is 3.54. The molecule has 0 N–H and O–H groups in total. The standard InChI is InChI=1S/C18H19FN2O3/c1-23-12-24-16-7-8-17(21-10-9-14(19)18(21)22)20-15(16)11-13-5-3-2-4-6-13/h2-8,14H,9-12H2,1H3/t14-/m1/s1. The second-order valence-corrected chi connectivity index (χ2v) is 5.57. The molecule has 1 aromatic carbocycles. The van der Waals surface area contributed by atoms with Crippen LogP contribution < -0.4 is 9.64 Å². The first-order chi connectivity index (χ1) is 11.7. The Labute approximate surface area is 140 Å². The first-order valence-corrected chi connectivity index (χ1v) is 7.80. The topological polar surface area (TPSA) is 51.7 Å². The molecule has 1 atom stereocenters. The minimum absolute atomic E-state index is 0.109. The lowest BCUT2D eigenvalue weighted by molar-refractivity contribution is -0.121. The number of alkyl halides is 1. The van der Waals surface area contributed by atoms with Crippen LogP contribution in [0.3, 0.4) is 0 Å². The molecule has 2 aromatic rings. The first-order valence-electron chi connectivity index (χ1n) is 7.80. The zero-order valence-corrected chi connectivity index (χ0v) is 13.4. The smallest absolute Gasteiger partial charge is 0.262 e. The molecule has 0 radical (unpaired) electrons. The van der Waals surface area contributed by atoms with Gasteiger partial charge in [-0.1, -0.05) is 30.3 Å². The number of methoxy groups -OCH3 is 1. The van der Waals surface area contributed by atoms with E-state index in [1.54, 1.807) is 19.2 Å². The van der Waals surface area contributed by atoms with Gasteiger partial charge in [-0.2, -0.15) is 0 Å². The minimum Gasteiger partial charge on any atom is -0.466 e. The third-order valence-electron chi connectivity index (χ3n) is 3.88. The van der Waals surface area contributed by atoms with E-state index in [0.29, 0.717) is 30.2 Å². The quantitative estimate of drug-likeness (QED) is 0.764. The molecule has 1 aliphatic rings. The number of amides is 1. The van der Waals surface area contributed by atoms with Crippen molar-refractivity contribution in [1.82, 2.24) is 4.98 Å². The molecule has 1 aromatic heterocycles. The van der Waals surface area contributed by atoms with Gasteiger partial charge in [0.2, 0.25) is 0 Å². The van der Waals surface area contributed by atoms with Crippen LogP contribution in [-0.2, 0) is 16.0 Å². The van der Waals surface area contributed by atoms with Crippen LogP contribution in [0.5, 0.6) is 5.75 Å². The van der Waals surface area contributed by atoms with Crippen LogP contribution in [0.25, 0.3) is 0 Å². The molecule has 5 nitrogen and oxygen atoms in total. The van der Waals surface area contributed by atoms with E-state index in [1.165, 1.54) is 4.90 Å². The Morgan fingerprint density at radius 1 is 1.25 bits per heavy atom. The Morgan fingerprint density at radius 3 is 2.71 bits per heavy atom. The van der Waals surface area contributed by atoms with E-state index in [0.717, 1.165) is 5.56 Å².